The summed E-state index contributed by atoms with van der Waals surface area (Å²) in [6.07, 6.45) is 10.4. The summed E-state index contributed by atoms with van der Waals surface area (Å²) in [6.45, 7) is 3.51. The van der Waals surface area contributed by atoms with E-state index in [9.17, 15) is 9.90 Å². The summed E-state index contributed by atoms with van der Waals surface area (Å²) < 4.78 is 5.85. The number of benzene rings is 1. The molecule has 0 bridgehead atoms. The summed E-state index contributed by atoms with van der Waals surface area (Å²) in [5, 5.41) is 16.5. The van der Waals surface area contributed by atoms with Crippen LogP contribution in [0, 0.1) is 0 Å². The summed E-state index contributed by atoms with van der Waals surface area (Å²) in [6, 6.07) is 18.8. The quantitative estimate of drug-likeness (QED) is 0.157. The number of aliphatic carboxylic acids is 1. The Morgan fingerprint density at radius 1 is 1.00 bits per heavy atom. The normalized spacial score (nSPS) is 13.1. The van der Waals surface area contributed by atoms with E-state index in [1.807, 2.05) is 48.5 Å². The second kappa shape index (κ2) is 15.6. The first-order valence-corrected chi connectivity index (χ1v) is 15.0. The van der Waals surface area contributed by atoms with Gasteiger partial charge in [0.1, 0.15) is 24.3 Å². The Morgan fingerprint density at radius 3 is 2.72 bits per heavy atom. The van der Waals surface area contributed by atoms with Crippen molar-refractivity contribution < 1.29 is 14.6 Å². The lowest BCUT2D eigenvalue weighted by Crippen LogP contribution is -2.37. The van der Waals surface area contributed by atoms with E-state index in [4.69, 9.17) is 9.72 Å². The van der Waals surface area contributed by atoms with Crippen LogP contribution in [0.5, 0.6) is 5.88 Å². The second-order valence-corrected chi connectivity index (χ2v) is 10.6. The Hall–Kier alpha value is -4.57. The molecule has 3 aromatic heterocycles. The molecule has 10 heteroatoms. The van der Waals surface area contributed by atoms with Gasteiger partial charge >= 0.3 is 5.97 Å². The van der Waals surface area contributed by atoms with Crippen molar-refractivity contribution in [3.8, 4) is 17.1 Å². The monoisotopic (exact) mass is 581 g/mol. The summed E-state index contributed by atoms with van der Waals surface area (Å²) in [5.74, 6) is 1.12. The Labute approximate surface area is 252 Å². The average Bonchev–Trinajstić information content (AvgIpc) is 3.05. The largest absolute Gasteiger partial charge is 0.480 e. The number of nitrogens with zero attached hydrogens (tertiary/aromatic N) is 5. The minimum Gasteiger partial charge on any atom is -0.480 e. The van der Waals surface area contributed by atoms with E-state index in [0.29, 0.717) is 43.5 Å². The van der Waals surface area contributed by atoms with E-state index < -0.39 is 12.0 Å². The molecule has 0 radical (unpaired) electrons. The number of hydrogen-bond donors (Lipinski definition) is 3. The predicted octanol–water partition coefficient (Wildman–Crippen LogP) is 4.95. The average molecular weight is 582 g/mol. The molecule has 1 aromatic carbocycles. The van der Waals surface area contributed by atoms with Gasteiger partial charge in [0.05, 0.1) is 18.1 Å². The molecule has 4 aromatic rings. The molecule has 0 saturated heterocycles. The molecule has 10 nitrogen and oxygen atoms in total. The Bertz CT molecular complexity index is 1440. The van der Waals surface area contributed by atoms with Gasteiger partial charge in [0.2, 0.25) is 5.88 Å². The highest BCUT2D eigenvalue weighted by atomic mass is 16.5. The van der Waals surface area contributed by atoms with Crippen molar-refractivity contribution in [3.05, 3.63) is 90.5 Å². The number of ether oxygens (including phenoxy) is 1. The van der Waals surface area contributed by atoms with Crippen molar-refractivity contribution in [2.45, 2.75) is 44.6 Å². The number of pyridine rings is 2. The molecule has 4 heterocycles. The SMILES string of the molecule is O=C(O)C(CCN(CCCCc1ccc2c(n1)NCCC2)CCOc1ccccn1)Nc1cncc(-c2ccccc2)n1. The molecular weight excluding hydrogens is 542 g/mol. The molecule has 1 unspecified atom stereocenters. The topological polar surface area (TPSA) is 125 Å². The Morgan fingerprint density at radius 2 is 1.88 bits per heavy atom. The molecule has 1 aliphatic heterocycles. The molecule has 3 N–H and O–H groups in total. The van der Waals surface area contributed by atoms with Crippen LogP contribution in [-0.2, 0) is 17.6 Å². The van der Waals surface area contributed by atoms with Gasteiger partial charge in [0.25, 0.3) is 0 Å². The number of aromatic nitrogens is 4. The van der Waals surface area contributed by atoms with Crippen LogP contribution < -0.4 is 15.4 Å². The zero-order valence-corrected chi connectivity index (χ0v) is 24.4. The minimum absolute atomic E-state index is 0.397. The first-order chi connectivity index (χ1) is 21.1. The molecule has 224 valence electrons. The lowest BCUT2D eigenvalue weighted by Gasteiger charge is -2.24. The fourth-order valence-corrected chi connectivity index (χ4v) is 5.13. The van der Waals surface area contributed by atoms with E-state index in [2.05, 4.69) is 42.6 Å². The molecule has 43 heavy (non-hydrogen) atoms. The molecule has 0 aliphatic carbocycles. The number of unbranched alkanes of at least 4 members (excludes halogenated alkanes) is 1. The second-order valence-electron chi connectivity index (χ2n) is 10.6. The van der Waals surface area contributed by atoms with E-state index in [1.165, 1.54) is 5.56 Å². The highest BCUT2D eigenvalue weighted by Crippen LogP contribution is 2.21. The lowest BCUT2D eigenvalue weighted by atomic mass is 10.1. The maximum atomic E-state index is 12.2. The van der Waals surface area contributed by atoms with Crippen molar-refractivity contribution in [1.82, 2.24) is 24.8 Å². The molecule has 0 saturated carbocycles. The molecular formula is C33H39N7O3. The highest BCUT2D eigenvalue weighted by Gasteiger charge is 2.20. The fraction of sp³-hybridized carbons (Fsp3) is 0.364. The Kier molecular flexibility index (Phi) is 10.8. The van der Waals surface area contributed by atoms with Crippen LogP contribution in [0.4, 0.5) is 11.6 Å². The fourth-order valence-electron chi connectivity index (χ4n) is 5.13. The molecule has 0 amide bonds. The summed E-state index contributed by atoms with van der Waals surface area (Å²) >= 11 is 0. The number of carboxylic acids is 1. The van der Waals surface area contributed by atoms with E-state index in [0.717, 1.165) is 62.3 Å². The van der Waals surface area contributed by atoms with Crippen molar-refractivity contribution in [3.63, 3.8) is 0 Å². The number of carboxylic acid groups (broad SMARTS) is 1. The van der Waals surface area contributed by atoms with Crippen LogP contribution in [0.25, 0.3) is 11.3 Å². The summed E-state index contributed by atoms with van der Waals surface area (Å²) in [5.41, 5.74) is 4.01. The number of carbonyl (C=O) groups is 1. The first-order valence-electron chi connectivity index (χ1n) is 15.0. The number of rotatable bonds is 16. The van der Waals surface area contributed by atoms with Crippen molar-refractivity contribution in [2.75, 3.05) is 43.4 Å². The number of hydrogen-bond acceptors (Lipinski definition) is 9. The van der Waals surface area contributed by atoms with Gasteiger partial charge in [-0.3, -0.25) is 9.88 Å². The predicted molar refractivity (Wildman–Crippen MR) is 167 cm³/mol. The molecule has 0 spiro atoms. The van der Waals surface area contributed by atoms with Crippen molar-refractivity contribution in [1.29, 1.82) is 0 Å². The van der Waals surface area contributed by atoms with Gasteiger partial charge in [-0.25, -0.2) is 19.7 Å². The van der Waals surface area contributed by atoms with Gasteiger partial charge in [-0.15, -0.1) is 0 Å². The van der Waals surface area contributed by atoms with Gasteiger partial charge < -0.3 is 20.5 Å². The zero-order valence-electron chi connectivity index (χ0n) is 24.4. The number of anilines is 2. The van der Waals surface area contributed by atoms with Gasteiger partial charge in [-0.2, -0.15) is 0 Å². The zero-order chi connectivity index (χ0) is 29.7. The number of nitrogens with one attached hydrogen (secondary N) is 2. The van der Waals surface area contributed by atoms with E-state index in [1.54, 1.807) is 18.6 Å². The molecule has 1 aliphatic rings. The van der Waals surface area contributed by atoms with Crippen molar-refractivity contribution in [2.24, 2.45) is 0 Å². The van der Waals surface area contributed by atoms with Gasteiger partial charge in [-0.05, 0) is 62.8 Å². The third kappa shape index (κ3) is 9.21. The lowest BCUT2D eigenvalue weighted by molar-refractivity contribution is -0.138. The van der Waals surface area contributed by atoms with Crippen LogP contribution in [0.15, 0.2) is 79.3 Å². The standard InChI is InChI=1S/C33H39N7O3/c41-33(42)28(38-30-24-34-23-29(39-30)25-9-2-1-3-10-25)16-20-40(21-22-43-31-13-4-6-17-35-31)19-7-5-12-27-15-14-26-11-8-18-36-32(26)37-27/h1-4,6,9-10,13-15,17,23-24,28H,5,7-8,11-12,16,18-22H2,(H,36,37)(H,38,39)(H,41,42). The van der Waals surface area contributed by atoms with Crippen LogP contribution in [0.3, 0.4) is 0 Å². The van der Waals surface area contributed by atoms with Gasteiger partial charge in [-0.1, -0.05) is 42.5 Å². The van der Waals surface area contributed by atoms with Crippen LogP contribution in [0.2, 0.25) is 0 Å². The molecule has 0 fully saturated rings. The van der Waals surface area contributed by atoms with Crippen LogP contribution in [-0.4, -0.2) is 74.7 Å². The van der Waals surface area contributed by atoms with Crippen molar-refractivity contribution >= 4 is 17.6 Å². The third-order valence-corrected chi connectivity index (χ3v) is 7.46. The molecule has 1 atom stereocenters. The smallest absolute Gasteiger partial charge is 0.326 e. The highest BCUT2D eigenvalue weighted by molar-refractivity contribution is 5.77. The van der Waals surface area contributed by atoms with E-state index >= 15 is 0 Å². The third-order valence-electron chi connectivity index (χ3n) is 7.46. The van der Waals surface area contributed by atoms with E-state index in [-0.39, 0.29) is 0 Å². The summed E-state index contributed by atoms with van der Waals surface area (Å²) in [4.78, 5) is 32.4. The maximum absolute atomic E-state index is 12.2. The van der Waals surface area contributed by atoms with Crippen LogP contribution >= 0.6 is 0 Å². The van der Waals surface area contributed by atoms with Crippen LogP contribution in [0.1, 0.15) is 36.9 Å². The maximum Gasteiger partial charge on any atom is 0.326 e. The first kappa shape index (κ1) is 29.9. The van der Waals surface area contributed by atoms with Gasteiger partial charge in [0.15, 0.2) is 0 Å². The molecule has 5 rings (SSSR count). The minimum atomic E-state index is -0.927. The number of fused-ring (bicyclic) bond motifs is 1. The Balaban J connectivity index is 1.16. The number of aryl methyl sites for hydroxylation is 2. The summed E-state index contributed by atoms with van der Waals surface area (Å²) in [7, 11) is 0. The van der Waals surface area contributed by atoms with Gasteiger partial charge in [0, 0.05) is 43.2 Å².